The Morgan fingerprint density at radius 3 is 2.38 bits per heavy atom. The van der Waals surface area contributed by atoms with Crippen LogP contribution >= 0.6 is 11.6 Å². The molecule has 0 unspecified atom stereocenters. The summed E-state index contributed by atoms with van der Waals surface area (Å²) in [6.07, 6.45) is 0. The number of hydrogen-bond donors (Lipinski definition) is 0. The molecule has 0 atom stereocenters. The zero-order valence-electron chi connectivity index (χ0n) is 15.4. The molecule has 0 amide bonds. The molecule has 0 saturated heterocycles. The van der Waals surface area contributed by atoms with E-state index in [0.29, 0.717) is 10.6 Å². The Morgan fingerprint density at radius 2 is 1.55 bits per heavy atom. The van der Waals surface area contributed by atoms with Crippen LogP contribution in [0, 0.1) is 0 Å². The van der Waals surface area contributed by atoms with Crippen LogP contribution in [0.25, 0.3) is 32.9 Å². The van der Waals surface area contributed by atoms with Crippen LogP contribution in [0.15, 0.2) is 97.1 Å². The van der Waals surface area contributed by atoms with Gasteiger partial charge in [-0.15, -0.1) is 0 Å². The lowest BCUT2D eigenvalue weighted by atomic mass is 10.1. The molecule has 140 valence electrons. The van der Waals surface area contributed by atoms with E-state index in [4.69, 9.17) is 16.4 Å². The van der Waals surface area contributed by atoms with Crippen LogP contribution in [-0.4, -0.2) is 10.7 Å². The fourth-order valence-corrected chi connectivity index (χ4v) is 3.78. The first-order valence-electron chi connectivity index (χ1n) is 9.27. The highest BCUT2D eigenvalue weighted by molar-refractivity contribution is 6.30. The van der Waals surface area contributed by atoms with Gasteiger partial charge in [0, 0.05) is 16.0 Å². The van der Waals surface area contributed by atoms with Crippen molar-refractivity contribution < 1.29 is 9.63 Å². The molecule has 0 saturated carbocycles. The predicted molar refractivity (Wildman–Crippen MR) is 117 cm³/mol. The Labute approximate surface area is 172 Å². The molecular weight excluding hydrogens is 382 g/mol. The van der Waals surface area contributed by atoms with Crippen molar-refractivity contribution in [2.45, 2.75) is 0 Å². The molecule has 4 heteroatoms. The molecule has 4 aromatic carbocycles. The van der Waals surface area contributed by atoms with Gasteiger partial charge < -0.3 is 4.84 Å². The van der Waals surface area contributed by atoms with Gasteiger partial charge in [-0.1, -0.05) is 72.3 Å². The summed E-state index contributed by atoms with van der Waals surface area (Å²) in [6.45, 7) is 0. The van der Waals surface area contributed by atoms with Crippen molar-refractivity contribution in [3.05, 3.63) is 108 Å². The summed E-state index contributed by atoms with van der Waals surface area (Å²) in [5.74, 6) is -0.417. The SMILES string of the molecule is O=C(On1c(-c2cccc(Cl)c2)cc2c3ccccc3ccc21)c1ccccc1. The van der Waals surface area contributed by atoms with E-state index in [1.807, 2.05) is 72.8 Å². The molecule has 0 spiro atoms. The molecule has 0 bridgehead atoms. The molecular formula is C25H16ClNO2. The lowest BCUT2D eigenvalue weighted by molar-refractivity contribution is 0.0490. The van der Waals surface area contributed by atoms with E-state index in [1.165, 1.54) is 0 Å². The molecule has 0 fully saturated rings. The largest absolute Gasteiger partial charge is 0.363 e. The van der Waals surface area contributed by atoms with E-state index in [0.717, 1.165) is 32.9 Å². The van der Waals surface area contributed by atoms with Gasteiger partial charge in [0.15, 0.2) is 0 Å². The van der Waals surface area contributed by atoms with Crippen molar-refractivity contribution in [1.29, 1.82) is 0 Å². The summed E-state index contributed by atoms with van der Waals surface area (Å²) in [5.41, 5.74) is 2.96. The predicted octanol–water partition coefficient (Wildman–Crippen LogP) is 6.38. The molecule has 1 heterocycles. The first-order valence-corrected chi connectivity index (χ1v) is 9.65. The van der Waals surface area contributed by atoms with Gasteiger partial charge in [0.2, 0.25) is 0 Å². The Bertz CT molecular complexity index is 1360. The second-order valence-corrected chi connectivity index (χ2v) is 7.24. The number of aromatic nitrogens is 1. The van der Waals surface area contributed by atoms with Gasteiger partial charge in [0.1, 0.15) is 0 Å². The summed E-state index contributed by atoms with van der Waals surface area (Å²) in [4.78, 5) is 18.7. The first-order chi connectivity index (χ1) is 14.2. The van der Waals surface area contributed by atoms with Crippen LogP contribution in [-0.2, 0) is 0 Å². The highest BCUT2D eigenvalue weighted by Gasteiger charge is 2.18. The van der Waals surface area contributed by atoms with Gasteiger partial charge in [-0.2, -0.15) is 4.73 Å². The van der Waals surface area contributed by atoms with Gasteiger partial charge in [-0.05, 0) is 47.2 Å². The van der Waals surface area contributed by atoms with Crippen molar-refractivity contribution in [1.82, 2.24) is 4.73 Å². The highest BCUT2D eigenvalue weighted by Crippen LogP contribution is 2.33. The molecule has 0 aliphatic carbocycles. The Hall–Kier alpha value is -3.56. The average Bonchev–Trinajstić information content (AvgIpc) is 3.13. The number of nitrogens with zero attached hydrogens (tertiary/aromatic N) is 1. The maximum absolute atomic E-state index is 12.8. The van der Waals surface area contributed by atoms with Gasteiger partial charge >= 0.3 is 5.97 Å². The molecule has 0 aliphatic rings. The van der Waals surface area contributed by atoms with Crippen molar-refractivity contribution in [2.24, 2.45) is 0 Å². The first kappa shape index (κ1) is 17.5. The van der Waals surface area contributed by atoms with Crippen LogP contribution in [0.5, 0.6) is 0 Å². The Kier molecular flexibility index (Phi) is 4.30. The molecule has 5 rings (SSSR count). The zero-order valence-corrected chi connectivity index (χ0v) is 16.1. The lowest BCUT2D eigenvalue weighted by Gasteiger charge is -2.11. The van der Waals surface area contributed by atoms with Crippen LogP contribution < -0.4 is 4.84 Å². The van der Waals surface area contributed by atoms with E-state index in [2.05, 4.69) is 12.1 Å². The average molecular weight is 398 g/mol. The van der Waals surface area contributed by atoms with Gasteiger partial charge in [-0.25, -0.2) is 4.79 Å². The van der Waals surface area contributed by atoms with Crippen molar-refractivity contribution in [3.8, 4) is 11.3 Å². The number of benzene rings is 4. The summed E-state index contributed by atoms with van der Waals surface area (Å²) in [5, 5.41) is 3.87. The number of carbonyl (C=O) groups is 1. The topological polar surface area (TPSA) is 31.2 Å². The quantitative estimate of drug-likeness (QED) is 0.353. The third kappa shape index (κ3) is 3.16. The molecule has 1 aromatic heterocycles. The second kappa shape index (κ2) is 7.12. The molecule has 5 aromatic rings. The van der Waals surface area contributed by atoms with Gasteiger partial charge in [0.25, 0.3) is 0 Å². The summed E-state index contributed by atoms with van der Waals surface area (Å²) in [6, 6.07) is 30.7. The third-order valence-electron chi connectivity index (χ3n) is 4.97. The summed E-state index contributed by atoms with van der Waals surface area (Å²) in [7, 11) is 0. The standard InChI is InChI=1S/C25H16ClNO2/c26-20-11-6-10-19(15-20)24-16-22-21-12-5-4-7-17(21)13-14-23(22)27(24)29-25(28)18-8-2-1-3-9-18/h1-16H. The van der Waals surface area contributed by atoms with Gasteiger partial charge in [0.05, 0.1) is 16.8 Å². The fourth-order valence-electron chi connectivity index (χ4n) is 3.59. The van der Waals surface area contributed by atoms with E-state index in [9.17, 15) is 4.79 Å². The smallest absolute Gasteiger partial charge is 0.330 e. The molecule has 29 heavy (non-hydrogen) atoms. The van der Waals surface area contributed by atoms with Gasteiger partial charge in [-0.3, -0.25) is 0 Å². The molecule has 0 N–H and O–H groups in total. The van der Waals surface area contributed by atoms with Crippen molar-refractivity contribution in [3.63, 3.8) is 0 Å². The summed E-state index contributed by atoms with van der Waals surface area (Å²) >= 11 is 6.23. The van der Waals surface area contributed by atoms with E-state index >= 15 is 0 Å². The van der Waals surface area contributed by atoms with Crippen LogP contribution in [0.1, 0.15) is 10.4 Å². The van der Waals surface area contributed by atoms with Crippen LogP contribution in [0.3, 0.4) is 0 Å². The minimum atomic E-state index is -0.417. The normalized spacial score (nSPS) is 11.1. The van der Waals surface area contributed by atoms with Crippen molar-refractivity contribution >= 4 is 39.2 Å². The monoisotopic (exact) mass is 397 g/mol. The number of rotatable bonds is 3. The van der Waals surface area contributed by atoms with E-state index in [-0.39, 0.29) is 0 Å². The Morgan fingerprint density at radius 1 is 0.759 bits per heavy atom. The zero-order chi connectivity index (χ0) is 19.8. The number of fused-ring (bicyclic) bond motifs is 3. The third-order valence-corrected chi connectivity index (χ3v) is 5.21. The maximum atomic E-state index is 12.8. The van der Waals surface area contributed by atoms with E-state index in [1.54, 1.807) is 16.9 Å². The van der Waals surface area contributed by atoms with Crippen LogP contribution in [0.2, 0.25) is 5.02 Å². The number of halogens is 1. The van der Waals surface area contributed by atoms with Crippen LogP contribution in [0.4, 0.5) is 0 Å². The maximum Gasteiger partial charge on any atom is 0.363 e. The molecule has 0 aliphatic heterocycles. The lowest BCUT2D eigenvalue weighted by Crippen LogP contribution is -2.20. The second-order valence-electron chi connectivity index (χ2n) is 6.80. The highest BCUT2D eigenvalue weighted by atomic mass is 35.5. The fraction of sp³-hybridized carbons (Fsp3) is 0. The minimum absolute atomic E-state index is 0.417. The number of hydrogen-bond acceptors (Lipinski definition) is 2. The van der Waals surface area contributed by atoms with Crippen molar-refractivity contribution in [2.75, 3.05) is 0 Å². The summed E-state index contributed by atoms with van der Waals surface area (Å²) < 4.78 is 1.60. The Balaban J connectivity index is 1.74. The molecule has 3 nitrogen and oxygen atoms in total. The van der Waals surface area contributed by atoms with E-state index < -0.39 is 5.97 Å². The minimum Gasteiger partial charge on any atom is -0.330 e. The molecule has 0 radical (unpaired) electrons. The number of carbonyl (C=O) groups excluding carboxylic acids is 1.